The summed E-state index contributed by atoms with van der Waals surface area (Å²) < 4.78 is 0. The first-order chi connectivity index (χ1) is 16.6. The molecule has 1 unspecified atom stereocenters. The summed E-state index contributed by atoms with van der Waals surface area (Å²) in [6.45, 7) is 0.379. The molecule has 2 aliphatic rings. The van der Waals surface area contributed by atoms with E-state index in [0.717, 1.165) is 11.1 Å². The molecule has 0 aliphatic carbocycles. The maximum absolute atomic E-state index is 13.5. The van der Waals surface area contributed by atoms with Crippen LogP contribution in [0, 0.1) is 0 Å². The Kier molecular flexibility index (Phi) is 5.67. The van der Waals surface area contributed by atoms with Crippen LogP contribution in [0.25, 0.3) is 11.1 Å². The standard InChI is InChI=1S/C27H23N3O4/c1-34-28-21-15-22(17-30-26(32)23-9-5-6-10-24(23)27(30)33)29(16-21)25(31)20-13-11-19(12-14-20)18-7-3-2-4-8-18/h2-14,22H,15-17H2,1H3/b28-21+. The predicted octanol–water partition coefficient (Wildman–Crippen LogP) is 3.87. The van der Waals surface area contributed by atoms with Gasteiger partial charge in [0.25, 0.3) is 17.7 Å². The molecule has 2 heterocycles. The molecule has 0 spiro atoms. The summed E-state index contributed by atoms with van der Waals surface area (Å²) in [5, 5.41) is 4.04. The number of hydrogen-bond acceptors (Lipinski definition) is 5. The summed E-state index contributed by atoms with van der Waals surface area (Å²) in [6.07, 6.45) is 0.426. The van der Waals surface area contributed by atoms with E-state index in [2.05, 4.69) is 5.16 Å². The molecule has 7 nitrogen and oxygen atoms in total. The summed E-state index contributed by atoms with van der Waals surface area (Å²) in [4.78, 5) is 47.0. The Bertz CT molecular complexity index is 1250. The zero-order valence-electron chi connectivity index (χ0n) is 18.7. The fraction of sp³-hybridized carbons (Fsp3) is 0.185. The molecule has 3 aromatic carbocycles. The Hall–Kier alpha value is -4.26. The van der Waals surface area contributed by atoms with Crippen LogP contribution in [-0.4, -0.2) is 59.5 Å². The highest BCUT2D eigenvalue weighted by atomic mass is 16.6. The summed E-state index contributed by atoms with van der Waals surface area (Å²) in [5.74, 6) is -0.850. The van der Waals surface area contributed by atoms with Gasteiger partial charge in [0.2, 0.25) is 0 Å². The van der Waals surface area contributed by atoms with Crippen molar-refractivity contribution in [2.24, 2.45) is 5.16 Å². The molecule has 34 heavy (non-hydrogen) atoms. The van der Waals surface area contributed by atoms with Gasteiger partial charge < -0.3 is 9.74 Å². The van der Waals surface area contributed by atoms with Crippen LogP contribution < -0.4 is 0 Å². The fourth-order valence-electron chi connectivity index (χ4n) is 4.59. The van der Waals surface area contributed by atoms with Crippen LogP contribution in [0.3, 0.4) is 0 Å². The lowest BCUT2D eigenvalue weighted by atomic mass is 10.0. The highest BCUT2D eigenvalue weighted by Crippen LogP contribution is 2.27. The number of nitrogens with zero attached hydrogens (tertiary/aromatic N) is 3. The topological polar surface area (TPSA) is 79.3 Å². The Morgan fingerprint density at radius 2 is 1.47 bits per heavy atom. The van der Waals surface area contributed by atoms with Gasteiger partial charge in [0.1, 0.15) is 7.11 Å². The Balaban J connectivity index is 1.38. The number of amides is 3. The molecule has 3 amide bonds. The lowest BCUT2D eigenvalue weighted by molar-refractivity contribution is 0.0562. The molecule has 3 aromatic rings. The average Bonchev–Trinajstić information content (AvgIpc) is 3.39. The minimum atomic E-state index is -0.391. The molecule has 1 saturated heterocycles. The van der Waals surface area contributed by atoms with Crippen LogP contribution in [0.2, 0.25) is 0 Å². The zero-order chi connectivity index (χ0) is 23.7. The third-order valence-corrected chi connectivity index (χ3v) is 6.26. The number of likely N-dealkylation sites (tertiary alicyclic amines) is 1. The lowest BCUT2D eigenvalue weighted by Crippen LogP contribution is -2.45. The molecule has 7 heteroatoms. The monoisotopic (exact) mass is 453 g/mol. The van der Waals surface area contributed by atoms with Crippen LogP contribution in [0.4, 0.5) is 0 Å². The molecular weight excluding hydrogens is 430 g/mol. The van der Waals surface area contributed by atoms with E-state index in [4.69, 9.17) is 4.84 Å². The van der Waals surface area contributed by atoms with Crippen LogP contribution >= 0.6 is 0 Å². The molecule has 170 valence electrons. The maximum Gasteiger partial charge on any atom is 0.261 e. The lowest BCUT2D eigenvalue weighted by Gasteiger charge is -2.27. The zero-order valence-corrected chi connectivity index (χ0v) is 18.7. The van der Waals surface area contributed by atoms with E-state index in [1.165, 1.54) is 12.0 Å². The van der Waals surface area contributed by atoms with E-state index in [1.807, 2.05) is 42.5 Å². The van der Waals surface area contributed by atoms with Crippen molar-refractivity contribution in [3.63, 3.8) is 0 Å². The first-order valence-electron chi connectivity index (χ1n) is 11.1. The van der Waals surface area contributed by atoms with Crippen molar-refractivity contribution in [2.75, 3.05) is 20.2 Å². The van der Waals surface area contributed by atoms with Crippen LogP contribution in [0.5, 0.6) is 0 Å². The van der Waals surface area contributed by atoms with Gasteiger partial charge in [-0.25, -0.2) is 0 Å². The second-order valence-electron chi connectivity index (χ2n) is 8.34. The molecule has 0 aromatic heterocycles. The van der Waals surface area contributed by atoms with Crippen molar-refractivity contribution in [3.05, 3.63) is 95.6 Å². The smallest absolute Gasteiger partial charge is 0.261 e. The number of imide groups is 1. The number of carbonyl (C=O) groups excluding carboxylic acids is 3. The van der Waals surface area contributed by atoms with Crippen molar-refractivity contribution < 1.29 is 19.2 Å². The highest BCUT2D eigenvalue weighted by Gasteiger charge is 2.41. The van der Waals surface area contributed by atoms with E-state index < -0.39 is 6.04 Å². The largest absolute Gasteiger partial charge is 0.399 e. The molecule has 5 rings (SSSR count). The normalized spacial score (nSPS) is 18.5. The predicted molar refractivity (Wildman–Crippen MR) is 128 cm³/mol. The van der Waals surface area contributed by atoms with E-state index in [-0.39, 0.29) is 30.8 Å². The van der Waals surface area contributed by atoms with Gasteiger partial charge in [-0.3, -0.25) is 19.3 Å². The minimum Gasteiger partial charge on any atom is -0.399 e. The Morgan fingerprint density at radius 3 is 2.09 bits per heavy atom. The summed E-state index contributed by atoms with van der Waals surface area (Å²) >= 11 is 0. The number of fused-ring (bicyclic) bond motifs is 1. The average molecular weight is 453 g/mol. The van der Waals surface area contributed by atoms with Crippen LogP contribution in [0.15, 0.2) is 84.0 Å². The SMILES string of the molecule is CO/N=C1\CC(CN2C(=O)c3ccccc3C2=O)N(C(=O)c2ccc(-c3ccccc3)cc2)C1. The quantitative estimate of drug-likeness (QED) is 0.434. The van der Waals surface area contributed by atoms with Gasteiger partial charge >= 0.3 is 0 Å². The number of carbonyl (C=O) groups is 3. The minimum absolute atomic E-state index is 0.100. The van der Waals surface area contributed by atoms with Gasteiger partial charge in [-0.1, -0.05) is 59.8 Å². The maximum atomic E-state index is 13.5. The first-order valence-corrected chi connectivity index (χ1v) is 11.1. The van der Waals surface area contributed by atoms with Gasteiger partial charge in [-0.2, -0.15) is 0 Å². The summed E-state index contributed by atoms with van der Waals surface area (Å²) in [6, 6.07) is 23.8. The second-order valence-corrected chi connectivity index (χ2v) is 8.34. The highest BCUT2D eigenvalue weighted by molar-refractivity contribution is 6.21. The summed E-state index contributed by atoms with van der Waals surface area (Å²) in [7, 11) is 1.46. The van der Waals surface area contributed by atoms with Gasteiger partial charge in [0.05, 0.1) is 36.0 Å². The number of oxime groups is 1. The van der Waals surface area contributed by atoms with Crippen molar-refractivity contribution in [2.45, 2.75) is 12.5 Å². The third-order valence-electron chi connectivity index (χ3n) is 6.26. The van der Waals surface area contributed by atoms with Crippen molar-refractivity contribution in [1.82, 2.24) is 9.80 Å². The molecule has 1 atom stereocenters. The first kappa shape index (κ1) is 21.6. The van der Waals surface area contributed by atoms with Crippen LogP contribution in [-0.2, 0) is 4.84 Å². The van der Waals surface area contributed by atoms with Crippen molar-refractivity contribution in [1.29, 1.82) is 0 Å². The molecule has 0 radical (unpaired) electrons. The molecule has 0 bridgehead atoms. The van der Waals surface area contributed by atoms with E-state index in [1.54, 1.807) is 41.3 Å². The van der Waals surface area contributed by atoms with Gasteiger partial charge in [0, 0.05) is 12.0 Å². The van der Waals surface area contributed by atoms with Crippen LogP contribution in [0.1, 0.15) is 37.5 Å². The van der Waals surface area contributed by atoms with E-state index in [9.17, 15) is 14.4 Å². The summed E-state index contributed by atoms with van der Waals surface area (Å²) in [5.41, 5.74) is 4.10. The Labute approximate surface area is 197 Å². The van der Waals surface area contributed by atoms with Gasteiger partial charge in [-0.05, 0) is 35.4 Å². The number of rotatable bonds is 5. The fourth-order valence-corrected chi connectivity index (χ4v) is 4.59. The molecule has 1 fully saturated rings. The van der Waals surface area contributed by atoms with Crippen molar-refractivity contribution >= 4 is 23.4 Å². The molecular formula is C27H23N3O4. The van der Waals surface area contributed by atoms with E-state index in [0.29, 0.717) is 28.8 Å². The number of benzene rings is 3. The molecule has 0 N–H and O–H groups in total. The van der Waals surface area contributed by atoms with Gasteiger partial charge in [-0.15, -0.1) is 0 Å². The Morgan fingerprint density at radius 1 is 0.882 bits per heavy atom. The third kappa shape index (κ3) is 3.85. The molecule has 0 saturated carbocycles. The van der Waals surface area contributed by atoms with Crippen molar-refractivity contribution in [3.8, 4) is 11.1 Å². The molecule has 2 aliphatic heterocycles. The number of hydrogen-bond donors (Lipinski definition) is 0. The van der Waals surface area contributed by atoms with Gasteiger partial charge in [0.15, 0.2) is 0 Å². The van der Waals surface area contributed by atoms with E-state index >= 15 is 0 Å². The second kappa shape index (κ2) is 8.94.